The van der Waals surface area contributed by atoms with Gasteiger partial charge in [0, 0.05) is 23.6 Å². The Bertz CT molecular complexity index is 1040. The first-order chi connectivity index (χ1) is 15.1. The van der Waals surface area contributed by atoms with Crippen molar-refractivity contribution in [3.63, 3.8) is 0 Å². The Kier molecular flexibility index (Phi) is 5.50. The molecular formula is C23H29BrN6O. The maximum absolute atomic E-state index is 13.5. The van der Waals surface area contributed by atoms with Gasteiger partial charge < -0.3 is 5.32 Å². The molecule has 3 heterocycles. The second-order valence-electron chi connectivity index (χ2n) is 8.64. The number of halogens is 1. The lowest BCUT2D eigenvalue weighted by Crippen LogP contribution is -2.50. The molecule has 0 saturated heterocycles. The predicted octanol–water partition coefficient (Wildman–Crippen LogP) is 4.40. The Morgan fingerprint density at radius 2 is 2.03 bits per heavy atom. The number of rotatable bonds is 5. The SMILES string of the molecule is CCN1C(=O)c2c(nc(NC3CCCCC3)n2Cc2ccc(C)c(Br)c2)N2CCN=C12. The number of imidazole rings is 1. The van der Waals surface area contributed by atoms with Crippen LogP contribution >= 0.6 is 15.9 Å². The van der Waals surface area contributed by atoms with Crippen LogP contribution in [0.1, 0.15) is 60.6 Å². The number of aryl methyl sites for hydroxylation is 1. The topological polar surface area (TPSA) is 65.8 Å². The van der Waals surface area contributed by atoms with E-state index in [1.54, 1.807) is 4.90 Å². The van der Waals surface area contributed by atoms with Crippen LogP contribution in [0.3, 0.4) is 0 Å². The molecule has 1 aromatic heterocycles. The van der Waals surface area contributed by atoms with Crippen molar-refractivity contribution in [1.29, 1.82) is 0 Å². The highest BCUT2D eigenvalue weighted by Crippen LogP contribution is 2.34. The van der Waals surface area contributed by atoms with E-state index in [-0.39, 0.29) is 5.91 Å². The van der Waals surface area contributed by atoms with Gasteiger partial charge in [0.05, 0.1) is 13.1 Å². The number of nitrogens with one attached hydrogen (secondary N) is 1. The smallest absolute Gasteiger partial charge is 0.281 e. The number of aliphatic imine (C=N–C) groups is 1. The van der Waals surface area contributed by atoms with E-state index in [9.17, 15) is 4.79 Å². The Morgan fingerprint density at radius 1 is 1.23 bits per heavy atom. The lowest BCUT2D eigenvalue weighted by atomic mass is 9.96. The van der Waals surface area contributed by atoms with Gasteiger partial charge in [0.25, 0.3) is 5.91 Å². The van der Waals surface area contributed by atoms with Crippen LogP contribution in [0.5, 0.6) is 0 Å². The molecule has 0 radical (unpaired) electrons. The van der Waals surface area contributed by atoms with Crippen molar-refractivity contribution >= 4 is 39.6 Å². The van der Waals surface area contributed by atoms with Gasteiger partial charge in [-0.25, -0.2) is 0 Å². The summed E-state index contributed by atoms with van der Waals surface area (Å²) in [7, 11) is 0. The maximum Gasteiger partial charge on any atom is 0.281 e. The lowest BCUT2D eigenvalue weighted by molar-refractivity contribution is 0.0836. The number of anilines is 2. The van der Waals surface area contributed by atoms with Gasteiger partial charge in [-0.3, -0.25) is 24.2 Å². The van der Waals surface area contributed by atoms with Crippen molar-refractivity contribution in [1.82, 2.24) is 14.5 Å². The molecule has 1 aliphatic carbocycles. The third kappa shape index (κ3) is 3.64. The number of nitrogens with zero attached hydrogens (tertiary/aromatic N) is 5. The highest BCUT2D eigenvalue weighted by Gasteiger charge is 2.41. The van der Waals surface area contributed by atoms with Gasteiger partial charge in [0.15, 0.2) is 11.5 Å². The summed E-state index contributed by atoms with van der Waals surface area (Å²) in [5.74, 6) is 2.28. The first-order valence-corrected chi connectivity index (χ1v) is 12.1. The second-order valence-corrected chi connectivity index (χ2v) is 9.49. The normalized spacial score (nSPS) is 18.8. The fourth-order valence-electron chi connectivity index (χ4n) is 4.82. The van der Waals surface area contributed by atoms with Crippen molar-refractivity contribution in [2.24, 2.45) is 4.99 Å². The van der Waals surface area contributed by atoms with Gasteiger partial charge >= 0.3 is 0 Å². The van der Waals surface area contributed by atoms with Gasteiger partial charge in [-0.05, 0) is 43.9 Å². The second kappa shape index (κ2) is 8.30. The van der Waals surface area contributed by atoms with Gasteiger partial charge in [-0.2, -0.15) is 4.98 Å². The third-order valence-electron chi connectivity index (χ3n) is 6.54. The zero-order chi connectivity index (χ0) is 21.5. The summed E-state index contributed by atoms with van der Waals surface area (Å²) in [6.45, 7) is 6.74. The number of hydrogen-bond acceptors (Lipinski definition) is 5. The van der Waals surface area contributed by atoms with Crippen LogP contribution in [-0.2, 0) is 6.54 Å². The van der Waals surface area contributed by atoms with E-state index in [4.69, 9.17) is 4.98 Å². The molecule has 0 bridgehead atoms. The van der Waals surface area contributed by atoms with Crippen LogP contribution in [0, 0.1) is 6.92 Å². The molecule has 7 nitrogen and oxygen atoms in total. The molecule has 31 heavy (non-hydrogen) atoms. The van der Waals surface area contributed by atoms with E-state index in [1.807, 2.05) is 6.92 Å². The molecule has 1 N–H and O–H groups in total. The summed E-state index contributed by atoms with van der Waals surface area (Å²) in [5.41, 5.74) is 3.00. The number of amides is 1. The average Bonchev–Trinajstić information content (AvgIpc) is 3.38. The highest BCUT2D eigenvalue weighted by molar-refractivity contribution is 9.10. The number of carbonyl (C=O) groups excluding carboxylic acids is 1. The van der Waals surface area contributed by atoms with Crippen molar-refractivity contribution in [3.05, 3.63) is 39.5 Å². The molecule has 1 aromatic carbocycles. The number of carbonyl (C=O) groups is 1. The van der Waals surface area contributed by atoms with Crippen molar-refractivity contribution in [3.8, 4) is 0 Å². The minimum atomic E-state index is -0.00947. The molecule has 8 heteroatoms. The van der Waals surface area contributed by atoms with Gasteiger partial charge in [-0.1, -0.05) is 47.3 Å². The molecular weight excluding hydrogens is 456 g/mol. The fraction of sp³-hybridized carbons (Fsp3) is 0.522. The molecule has 0 spiro atoms. The predicted molar refractivity (Wildman–Crippen MR) is 127 cm³/mol. The van der Waals surface area contributed by atoms with Crippen LogP contribution in [0.15, 0.2) is 27.7 Å². The minimum Gasteiger partial charge on any atom is -0.353 e. The summed E-state index contributed by atoms with van der Waals surface area (Å²) in [6.07, 6.45) is 6.10. The molecule has 2 aliphatic heterocycles. The molecule has 164 valence electrons. The van der Waals surface area contributed by atoms with Crippen molar-refractivity contribution < 1.29 is 4.79 Å². The van der Waals surface area contributed by atoms with Crippen LogP contribution < -0.4 is 10.2 Å². The summed E-state index contributed by atoms with van der Waals surface area (Å²) in [5, 5.41) is 3.69. The van der Waals surface area contributed by atoms with E-state index >= 15 is 0 Å². The Balaban J connectivity index is 1.59. The first-order valence-electron chi connectivity index (χ1n) is 11.3. The van der Waals surface area contributed by atoms with E-state index < -0.39 is 0 Å². The molecule has 1 fully saturated rings. The van der Waals surface area contributed by atoms with E-state index in [1.165, 1.54) is 24.8 Å². The zero-order valence-corrected chi connectivity index (χ0v) is 19.8. The number of aromatic nitrogens is 2. The Hall–Kier alpha value is -2.35. The Morgan fingerprint density at radius 3 is 2.77 bits per heavy atom. The average molecular weight is 485 g/mol. The number of hydrogen-bond donors (Lipinski definition) is 1. The minimum absolute atomic E-state index is 0.00947. The quantitative estimate of drug-likeness (QED) is 0.682. The molecule has 3 aliphatic rings. The largest absolute Gasteiger partial charge is 0.353 e. The lowest BCUT2D eigenvalue weighted by Gasteiger charge is -2.32. The summed E-state index contributed by atoms with van der Waals surface area (Å²) >= 11 is 3.65. The molecule has 1 amide bonds. The molecule has 1 saturated carbocycles. The molecule has 5 rings (SSSR count). The van der Waals surface area contributed by atoms with Crippen LogP contribution in [-0.4, -0.2) is 52.0 Å². The van der Waals surface area contributed by atoms with Crippen LogP contribution in [0.2, 0.25) is 0 Å². The maximum atomic E-state index is 13.5. The first kappa shape index (κ1) is 20.5. The number of benzene rings is 1. The molecule has 2 aromatic rings. The van der Waals surface area contributed by atoms with E-state index in [0.717, 1.165) is 47.1 Å². The summed E-state index contributed by atoms with van der Waals surface area (Å²) in [4.78, 5) is 27.0. The fourth-order valence-corrected chi connectivity index (χ4v) is 5.25. The molecule has 0 unspecified atom stereocenters. The van der Waals surface area contributed by atoms with E-state index in [0.29, 0.717) is 31.4 Å². The Labute approximate surface area is 191 Å². The molecule has 0 atom stereocenters. The van der Waals surface area contributed by atoms with Crippen LogP contribution in [0.4, 0.5) is 11.8 Å². The van der Waals surface area contributed by atoms with E-state index in [2.05, 4.69) is 60.8 Å². The van der Waals surface area contributed by atoms with Crippen molar-refractivity contribution in [2.45, 2.75) is 58.5 Å². The van der Waals surface area contributed by atoms with Gasteiger partial charge in [0.2, 0.25) is 11.9 Å². The monoisotopic (exact) mass is 484 g/mol. The third-order valence-corrected chi connectivity index (χ3v) is 7.40. The highest BCUT2D eigenvalue weighted by atomic mass is 79.9. The zero-order valence-electron chi connectivity index (χ0n) is 18.2. The number of fused-ring (bicyclic) bond motifs is 3. The van der Waals surface area contributed by atoms with Gasteiger partial charge in [-0.15, -0.1) is 0 Å². The van der Waals surface area contributed by atoms with Gasteiger partial charge in [0.1, 0.15) is 0 Å². The van der Waals surface area contributed by atoms with Crippen LogP contribution in [0.25, 0.3) is 0 Å². The standard InChI is InChI=1S/C23H29BrN6O/c1-3-28-21(31)19-20(29-12-11-25-23(28)29)27-22(26-17-7-5-4-6-8-17)30(19)14-16-10-9-15(2)18(24)13-16/h9-10,13,17H,3-8,11-12,14H2,1-2H3,(H,26,27). The van der Waals surface area contributed by atoms with Crippen molar-refractivity contribution in [2.75, 3.05) is 29.9 Å². The number of guanidine groups is 1. The summed E-state index contributed by atoms with van der Waals surface area (Å²) in [6, 6.07) is 6.79. The summed E-state index contributed by atoms with van der Waals surface area (Å²) < 4.78 is 3.16.